The third-order valence-electron chi connectivity index (χ3n) is 4.47. The molecule has 1 aliphatic carbocycles. The lowest BCUT2D eigenvalue weighted by atomic mass is 9.96. The molecule has 1 aliphatic rings. The first-order valence-corrected chi connectivity index (χ1v) is 9.24. The quantitative estimate of drug-likeness (QED) is 0.703. The van der Waals surface area contributed by atoms with Crippen LogP contribution in [0.5, 0.6) is 0 Å². The van der Waals surface area contributed by atoms with Crippen LogP contribution in [0.3, 0.4) is 0 Å². The first-order chi connectivity index (χ1) is 11.8. The normalized spacial score (nSPS) is 15.5. The van der Waals surface area contributed by atoms with Crippen LogP contribution in [0.15, 0.2) is 42.6 Å². The highest BCUT2D eigenvalue weighted by Gasteiger charge is 2.16. The molecule has 1 saturated carbocycles. The lowest BCUT2D eigenvalue weighted by molar-refractivity contribution is 0.104. The van der Waals surface area contributed by atoms with Crippen LogP contribution in [0, 0.1) is 0 Å². The first-order valence-electron chi connectivity index (χ1n) is 8.42. The van der Waals surface area contributed by atoms with E-state index in [1.54, 1.807) is 0 Å². The summed E-state index contributed by atoms with van der Waals surface area (Å²) >= 11 is 1.44. The number of nitrogens with one attached hydrogen (secondary N) is 1. The molecular formula is C19H19N3OS. The van der Waals surface area contributed by atoms with E-state index in [1.165, 1.54) is 43.4 Å². The maximum Gasteiger partial charge on any atom is 0.224 e. The van der Waals surface area contributed by atoms with Crippen molar-refractivity contribution >= 4 is 33.3 Å². The number of hydrogen-bond acceptors (Lipinski definition) is 5. The van der Waals surface area contributed by atoms with E-state index in [9.17, 15) is 4.79 Å². The molecule has 1 aromatic carbocycles. The van der Waals surface area contributed by atoms with Gasteiger partial charge in [0.05, 0.1) is 4.88 Å². The van der Waals surface area contributed by atoms with Gasteiger partial charge in [-0.1, -0.05) is 49.6 Å². The molecule has 0 bridgehead atoms. The molecule has 0 aliphatic heterocycles. The number of rotatable bonds is 4. The van der Waals surface area contributed by atoms with Gasteiger partial charge >= 0.3 is 0 Å². The van der Waals surface area contributed by atoms with Crippen LogP contribution in [-0.2, 0) is 0 Å². The summed E-state index contributed by atoms with van der Waals surface area (Å²) in [7, 11) is 0. The van der Waals surface area contributed by atoms with Gasteiger partial charge in [0.25, 0.3) is 0 Å². The third kappa shape index (κ3) is 3.17. The molecule has 4 rings (SSSR count). The van der Waals surface area contributed by atoms with E-state index < -0.39 is 0 Å². The molecule has 1 fully saturated rings. The van der Waals surface area contributed by atoms with Gasteiger partial charge in [-0.3, -0.25) is 4.79 Å². The van der Waals surface area contributed by atoms with Crippen molar-refractivity contribution in [2.24, 2.45) is 0 Å². The van der Waals surface area contributed by atoms with Gasteiger partial charge in [-0.2, -0.15) is 0 Å². The van der Waals surface area contributed by atoms with Crippen LogP contribution < -0.4 is 5.32 Å². The summed E-state index contributed by atoms with van der Waals surface area (Å²) in [5, 5.41) is 4.37. The summed E-state index contributed by atoms with van der Waals surface area (Å²) in [6.07, 6.45) is 8.05. The minimum Gasteiger partial charge on any atom is -0.351 e. The van der Waals surface area contributed by atoms with Gasteiger partial charge in [-0.25, -0.2) is 9.97 Å². The summed E-state index contributed by atoms with van der Waals surface area (Å²) in [6.45, 7) is 0. The fourth-order valence-corrected chi connectivity index (χ4v) is 4.14. The Balaban J connectivity index is 1.58. The molecule has 5 heteroatoms. The van der Waals surface area contributed by atoms with Crippen molar-refractivity contribution in [3.8, 4) is 0 Å². The third-order valence-corrected chi connectivity index (χ3v) is 5.52. The molecule has 4 nitrogen and oxygen atoms in total. The van der Waals surface area contributed by atoms with Gasteiger partial charge in [0.2, 0.25) is 11.7 Å². The van der Waals surface area contributed by atoms with Gasteiger partial charge < -0.3 is 5.32 Å². The van der Waals surface area contributed by atoms with Crippen molar-refractivity contribution in [3.63, 3.8) is 0 Å². The number of anilines is 1. The van der Waals surface area contributed by atoms with Crippen LogP contribution in [-0.4, -0.2) is 21.8 Å². The number of fused-ring (bicyclic) bond motifs is 1. The highest BCUT2D eigenvalue weighted by atomic mass is 32.1. The van der Waals surface area contributed by atoms with Gasteiger partial charge in [-0.15, -0.1) is 11.3 Å². The molecule has 122 valence electrons. The Hall–Kier alpha value is -2.27. The fourth-order valence-electron chi connectivity index (χ4n) is 3.17. The van der Waals surface area contributed by atoms with Crippen LogP contribution in [0.2, 0.25) is 0 Å². The Labute approximate surface area is 145 Å². The predicted octanol–water partition coefficient (Wildman–Crippen LogP) is 4.67. The summed E-state index contributed by atoms with van der Waals surface area (Å²) in [4.78, 5) is 23.2. The van der Waals surface area contributed by atoms with Gasteiger partial charge in [0.1, 0.15) is 4.83 Å². The monoisotopic (exact) mass is 337 g/mol. The van der Waals surface area contributed by atoms with Crippen LogP contribution in [0.1, 0.15) is 47.3 Å². The highest BCUT2D eigenvalue weighted by Crippen LogP contribution is 2.27. The first kappa shape index (κ1) is 15.3. The molecule has 0 amide bonds. The molecular weight excluding hydrogens is 318 g/mol. The Bertz CT molecular complexity index is 853. The van der Waals surface area contributed by atoms with Crippen molar-refractivity contribution in [1.29, 1.82) is 0 Å². The van der Waals surface area contributed by atoms with E-state index >= 15 is 0 Å². The van der Waals surface area contributed by atoms with Crippen molar-refractivity contribution in [1.82, 2.24) is 9.97 Å². The molecule has 0 radical (unpaired) electrons. The van der Waals surface area contributed by atoms with Crippen molar-refractivity contribution < 1.29 is 4.79 Å². The van der Waals surface area contributed by atoms with E-state index in [4.69, 9.17) is 0 Å². The Morgan fingerprint density at radius 3 is 2.71 bits per heavy atom. The number of thiophene rings is 1. The maximum absolute atomic E-state index is 12.6. The standard InChI is InChI=1S/C19H19N3OS/c23-17(13-7-3-1-4-8-13)16-11-14-12-20-19(22-18(14)24-16)21-15-9-5-2-6-10-15/h1,3-4,7-8,11-12,15H,2,5-6,9-10H2,(H,20,21,22). The molecule has 3 aromatic rings. The minimum absolute atomic E-state index is 0.0420. The topological polar surface area (TPSA) is 54.9 Å². The fraction of sp³-hybridized carbons (Fsp3) is 0.316. The smallest absolute Gasteiger partial charge is 0.224 e. The van der Waals surface area contributed by atoms with Gasteiger partial charge in [-0.05, 0) is 18.9 Å². The number of hydrogen-bond donors (Lipinski definition) is 1. The molecule has 1 N–H and O–H groups in total. The Morgan fingerprint density at radius 2 is 1.92 bits per heavy atom. The summed E-state index contributed by atoms with van der Waals surface area (Å²) in [5.41, 5.74) is 0.706. The second-order valence-electron chi connectivity index (χ2n) is 6.24. The molecule has 2 aromatic heterocycles. The zero-order valence-electron chi connectivity index (χ0n) is 13.4. The minimum atomic E-state index is 0.0420. The average molecular weight is 337 g/mol. The number of ketones is 1. The highest BCUT2D eigenvalue weighted by molar-refractivity contribution is 7.20. The van der Waals surface area contributed by atoms with E-state index in [0.29, 0.717) is 22.4 Å². The van der Waals surface area contributed by atoms with Crippen molar-refractivity contribution in [3.05, 3.63) is 53.0 Å². The average Bonchev–Trinajstić information content (AvgIpc) is 3.06. The van der Waals surface area contributed by atoms with E-state index in [-0.39, 0.29) is 5.78 Å². The number of carbonyl (C=O) groups is 1. The summed E-state index contributed by atoms with van der Waals surface area (Å²) in [5.74, 6) is 0.718. The second kappa shape index (κ2) is 6.69. The lowest BCUT2D eigenvalue weighted by Crippen LogP contribution is -2.23. The lowest BCUT2D eigenvalue weighted by Gasteiger charge is -2.22. The van der Waals surface area contributed by atoms with E-state index in [0.717, 1.165) is 10.2 Å². The van der Waals surface area contributed by atoms with Crippen molar-refractivity contribution in [2.75, 3.05) is 5.32 Å². The maximum atomic E-state index is 12.6. The Morgan fingerprint density at radius 1 is 1.12 bits per heavy atom. The molecule has 2 heterocycles. The second-order valence-corrected chi connectivity index (χ2v) is 7.27. The van der Waals surface area contributed by atoms with Crippen molar-refractivity contribution in [2.45, 2.75) is 38.1 Å². The van der Waals surface area contributed by atoms with E-state index in [1.807, 2.05) is 42.6 Å². The van der Waals surface area contributed by atoms with Gasteiger partial charge in [0, 0.05) is 23.2 Å². The number of aromatic nitrogens is 2. The van der Waals surface area contributed by atoms with Gasteiger partial charge in [0.15, 0.2) is 0 Å². The van der Waals surface area contributed by atoms with E-state index in [2.05, 4.69) is 15.3 Å². The SMILES string of the molecule is O=C(c1ccccc1)c1cc2cnc(NC3CCCCC3)nc2s1. The van der Waals surface area contributed by atoms with Crippen LogP contribution >= 0.6 is 11.3 Å². The number of carbonyl (C=O) groups excluding carboxylic acids is 1. The molecule has 24 heavy (non-hydrogen) atoms. The zero-order valence-corrected chi connectivity index (χ0v) is 14.2. The Kier molecular flexibility index (Phi) is 4.26. The largest absolute Gasteiger partial charge is 0.351 e. The summed E-state index contributed by atoms with van der Waals surface area (Å²) in [6, 6.07) is 11.7. The van der Waals surface area contributed by atoms with Crippen LogP contribution in [0.25, 0.3) is 10.2 Å². The molecule has 0 atom stereocenters. The molecule has 0 saturated heterocycles. The van der Waals surface area contributed by atoms with Crippen LogP contribution in [0.4, 0.5) is 5.95 Å². The molecule has 0 unspecified atom stereocenters. The number of nitrogens with zero attached hydrogens (tertiary/aromatic N) is 2. The predicted molar refractivity (Wildman–Crippen MR) is 97.8 cm³/mol. The molecule has 0 spiro atoms. The zero-order chi connectivity index (χ0) is 16.4. The summed E-state index contributed by atoms with van der Waals surface area (Å²) < 4.78 is 0. The number of benzene rings is 1.